The summed E-state index contributed by atoms with van der Waals surface area (Å²) >= 11 is 5.05. The number of aromatic nitrogens is 1. The molecule has 1 heterocycles. The highest BCUT2D eigenvalue weighted by Crippen LogP contribution is 2.17. The highest BCUT2D eigenvalue weighted by Gasteiger charge is 2.21. The van der Waals surface area contributed by atoms with Gasteiger partial charge in [0.05, 0.1) is 5.56 Å². The van der Waals surface area contributed by atoms with Gasteiger partial charge in [0.25, 0.3) is 5.91 Å². The molecule has 1 unspecified atom stereocenters. The molecule has 0 fully saturated rings. The first-order valence-corrected chi connectivity index (χ1v) is 12.1. The molecule has 2 N–H and O–H groups in total. The minimum Gasteiger partial charge on any atom is -0.354 e. The maximum absolute atomic E-state index is 12.7. The molecule has 0 aliphatic heterocycles. The second-order valence-electron chi connectivity index (χ2n) is 7.00. The molecule has 0 aliphatic rings. The van der Waals surface area contributed by atoms with Crippen molar-refractivity contribution < 1.29 is 9.59 Å². The second-order valence-corrected chi connectivity index (χ2v) is 8.84. The molecule has 2 amide bonds. The number of para-hydroxylation sites is 1. The van der Waals surface area contributed by atoms with Crippen molar-refractivity contribution in [3.8, 4) is 0 Å². The lowest BCUT2D eigenvalue weighted by Gasteiger charge is -2.19. The van der Waals surface area contributed by atoms with Crippen molar-refractivity contribution in [2.75, 3.05) is 18.6 Å². The van der Waals surface area contributed by atoms with Crippen LogP contribution in [-0.2, 0) is 11.3 Å². The summed E-state index contributed by atoms with van der Waals surface area (Å²) in [4.78, 5) is 25.3. The SMILES string of the molecule is CSCCC(NC(=O)c1ccccc1Br)C(=O)NCCCn1ccc2ccccc21. The topological polar surface area (TPSA) is 63.1 Å². The van der Waals surface area contributed by atoms with Crippen LogP contribution in [0.4, 0.5) is 0 Å². The molecule has 1 aromatic heterocycles. The Labute approximate surface area is 189 Å². The van der Waals surface area contributed by atoms with Crippen LogP contribution in [0.3, 0.4) is 0 Å². The molecule has 5 nitrogen and oxygen atoms in total. The molecule has 0 saturated heterocycles. The first kappa shape index (κ1) is 22.4. The predicted molar refractivity (Wildman–Crippen MR) is 128 cm³/mol. The summed E-state index contributed by atoms with van der Waals surface area (Å²) in [6.45, 7) is 1.39. The van der Waals surface area contributed by atoms with Gasteiger partial charge in [0.15, 0.2) is 0 Å². The molecule has 3 rings (SSSR count). The van der Waals surface area contributed by atoms with Crippen LogP contribution in [0.1, 0.15) is 23.2 Å². The third kappa shape index (κ3) is 5.89. The summed E-state index contributed by atoms with van der Waals surface area (Å²) in [6.07, 6.45) is 5.47. The van der Waals surface area contributed by atoms with Crippen LogP contribution in [0.25, 0.3) is 10.9 Å². The number of hydrogen-bond donors (Lipinski definition) is 2. The molecule has 0 aliphatic carbocycles. The van der Waals surface area contributed by atoms with E-state index in [0.717, 1.165) is 18.7 Å². The molecule has 158 valence electrons. The second kappa shape index (κ2) is 11.2. The van der Waals surface area contributed by atoms with Crippen LogP contribution in [-0.4, -0.2) is 41.0 Å². The molecule has 3 aromatic rings. The Morgan fingerprint density at radius 2 is 1.87 bits per heavy atom. The predicted octanol–water partition coefficient (Wildman–Crippen LogP) is 4.46. The zero-order valence-corrected chi connectivity index (χ0v) is 19.3. The molecule has 1 atom stereocenters. The van der Waals surface area contributed by atoms with Gasteiger partial charge in [-0.05, 0) is 70.4 Å². The number of amides is 2. The van der Waals surface area contributed by atoms with Crippen LogP contribution in [0.5, 0.6) is 0 Å². The third-order valence-corrected chi connectivity index (χ3v) is 6.24. The van der Waals surface area contributed by atoms with Gasteiger partial charge in [-0.2, -0.15) is 11.8 Å². The number of benzene rings is 2. The standard InChI is InChI=1S/C23H26BrN3O2S/c1-30-16-12-20(26-22(28)18-8-3-4-9-19(18)24)23(29)25-13-6-14-27-15-11-17-7-2-5-10-21(17)27/h2-5,7-11,15,20H,6,12-14,16H2,1H3,(H,25,29)(H,26,28). The summed E-state index contributed by atoms with van der Waals surface area (Å²) in [6, 6.07) is 17.0. The summed E-state index contributed by atoms with van der Waals surface area (Å²) in [5, 5.41) is 7.09. The number of aryl methyl sites for hydroxylation is 1. The average Bonchev–Trinajstić information content (AvgIpc) is 3.17. The number of fused-ring (bicyclic) bond motifs is 1. The maximum atomic E-state index is 12.7. The number of carbonyl (C=O) groups is 2. The van der Waals surface area contributed by atoms with E-state index in [1.54, 1.807) is 17.8 Å². The molecule has 0 radical (unpaired) electrons. The number of nitrogens with one attached hydrogen (secondary N) is 2. The van der Waals surface area contributed by atoms with Gasteiger partial charge in [0.1, 0.15) is 6.04 Å². The Bertz CT molecular complexity index is 1000. The van der Waals surface area contributed by atoms with E-state index in [4.69, 9.17) is 0 Å². The summed E-state index contributed by atoms with van der Waals surface area (Å²) in [5.41, 5.74) is 1.72. The Kier molecular flexibility index (Phi) is 8.39. The molecule has 0 bridgehead atoms. The largest absolute Gasteiger partial charge is 0.354 e. The minimum atomic E-state index is -0.551. The van der Waals surface area contributed by atoms with Gasteiger partial charge >= 0.3 is 0 Å². The Hall–Kier alpha value is -2.25. The summed E-state index contributed by atoms with van der Waals surface area (Å²) in [7, 11) is 0. The van der Waals surface area contributed by atoms with Crippen molar-refractivity contribution in [3.05, 3.63) is 70.8 Å². The highest BCUT2D eigenvalue weighted by molar-refractivity contribution is 9.10. The quantitative estimate of drug-likeness (QED) is 0.415. The van der Waals surface area contributed by atoms with E-state index >= 15 is 0 Å². The monoisotopic (exact) mass is 487 g/mol. The van der Waals surface area contributed by atoms with E-state index in [1.807, 2.05) is 36.6 Å². The fourth-order valence-corrected chi connectivity index (χ4v) is 4.24. The van der Waals surface area contributed by atoms with Gasteiger partial charge < -0.3 is 15.2 Å². The van der Waals surface area contributed by atoms with Crippen molar-refractivity contribution in [1.82, 2.24) is 15.2 Å². The van der Waals surface area contributed by atoms with Crippen LogP contribution in [0, 0.1) is 0 Å². The Morgan fingerprint density at radius 3 is 2.67 bits per heavy atom. The Balaban J connectivity index is 1.53. The normalized spacial score (nSPS) is 11.9. The number of thioether (sulfide) groups is 1. The lowest BCUT2D eigenvalue weighted by atomic mass is 10.1. The number of carbonyl (C=O) groups excluding carboxylic acids is 2. The minimum absolute atomic E-state index is 0.137. The first-order valence-electron chi connectivity index (χ1n) is 9.96. The van der Waals surface area contributed by atoms with Crippen molar-refractivity contribution >= 4 is 50.4 Å². The summed E-state index contributed by atoms with van der Waals surface area (Å²) in [5.74, 6) is 0.410. The zero-order chi connectivity index (χ0) is 21.3. The van der Waals surface area contributed by atoms with Crippen molar-refractivity contribution in [1.29, 1.82) is 0 Å². The van der Waals surface area contributed by atoms with E-state index in [0.29, 0.717) is 23.0 Å². The van der Waals surface area contributed by atoms with E-state index in [1.165, 1.54) is 10.9 Å². The van der Waals surface area contributed by atoms with Crippen LogP contribution >= 0.6 is 27.7 Å². The van der Waals surface area contributed by atoms with E-state index in [9.17, 15) is 9.59 Å². The average molecular weight is 488 g/mol. The van der Waals surface area contributed by atoms with Crippen LogP contribution in [0.15, 0.2) is 65.3 Å². The first-order chi connectivity index (χ1) is 14.6. The van der Waals surface area contributed by atoms with Crippen molar-refractivity contribution in [2.45, 2.75) is 25.4 Å². The fraction of sp³-hybridized carbons (Fsp3) is 0.304. The van der Waals surface area contributed by atoms with Crippen LogP contribution in [0.2, 0.25) is 0 Å². The number of rotatable bonds is 10. The highest BCUT2D eigenvalue weighted by atomic mass is 79.9. The molecular formula is C23H26BrN3O2S. The summed E-state index contributed by atoms with van der Waals surface area (Å²) < 4.78 is 2.91. The molecule has 30 heavy (non-hydrogen) atoms. The van der Waals surface area contributed by atoms with E-state index < -0.39 is 6.04 Å². The lowest BCUT2D eigenvalue weighted by Crippen LogP contribution is -2.47. The third-order valence-electron chi connectivity index (χ3n) is 4.91. The van der Waals surface area contributed by atoms with E-state index in [-0.39, 0.29) is 11.8 Å². The lowest BCUT2D eigenvalue weighted by molar-refractivity contribution is -0.123. The fourth-order valence-electron chi connectivity index (χ4n) is 3.31. The molecule has 0 spiro atoms. The molecule has 2 aromatic carbocycles. The number of hydrogen-bond acceptors (Lipinski definition) is 3. The van der Waals surface area contributed by atoms with Crippen molar-refractivity contribution in [3.63, 3.8) is 0 Å². The molecular weight excluding hydrogens is 462 g/mol. The zero-order valence-electron chi connectivity index (χ0n) is 16.9. The number of halogens is 1. The number of nitrogens with zero attached hydrogens (tertiary/aromatic N) is 1. The molecule has 0 saturated carbocycles. The Morgan fingerprint density at radius 1 is 1.10 bits per heavy atom. The van der Waals surface area contributed by atoms with Gasteiger partial charge in [0.2, 0.25) is 5.91 Å². The van der Waals surface area contributed by atoms with Gasteiger partial charge in [-0.15, -0.1) is 0 Å². The van der Waals surface area contributed by atoms with Crippen molar-refractivity contribution in [2.24, 2.45) is 0 Å². The van der Waals surface area contributed by atoms with Gasteiger partial charge in [0, 0.05) is 29.3 Å². The van der Waals surface area contributed by atoms with Gasteiger partial charge in [-0.25, -0.2) is 0 Å². The van der Waals surface area contributed by atoms with Gasteiger partial charge in [-0.1, -0.05) is 30.3 Å². The molecule has 7 heteroatoms. The maximum Gasteiger partial charge on any atom is 0.253 e. The van der Waals surface area contributed by atoms with E-state index in [2.05, 4.69) is 55.5 Å². The van der Waals surface area contributed by atoms with Gasteiger partial charge in [-0.3, -0.25) is 9.59 Å². The smallest absolute Gasteiger partial charge is 0.253 e. The van der Waals surface area contributed by atoms with Crippen LogP contribution < -0.4 is 10.6 Å².